The number of nitriles is 1. The number of nitrogens with zero attached hydrogens (tertiary/aromatic N) is 2. The number of hydrogen-bond acceptors (Lipinski definition) is 2. The Labute approximate surface area is 124 Å². The van der Waals surface area contributed by atoms with Gasteiger partial charge in [0, 0.05) is 42.4 Å². The summed E-state index contributed by atoms with van der Waals surface area (Å²) in [5.41, 5.74) is 5.75. The average molecular weight is 429 g/mol. The second-order valence-electron chi connectivity index (χ2n) is 3.43. The summed E-state index contributed by atoms with van der Waals surface area (Å²) in [6.07, 6.45) is 5.28. The minimum Gasteiger partial charge on any atom is -0.577 e. The summed E-state index contributed by atoms with van der Waals surface area (Å²) in [4.78, 5) is 7.25. The molecule has 0 amide bonds. The number of nitroso groups, excluding NO2 is 1. The summed E-state index contributed by atoms with van der Waals surface area (Å²) in [5.74, 6) is 0.0756. The minimum atomic E-state index is -0.0606. The topological polar surface area (TPSA) is 63.2 Å². The Kier molecular flexibility index (Phi) is 37.8. The van der Waals surface area contributed by atoms with Crippen molar-refractivity contribution in [2.24, 2.45) is 5.92 Å². The molecule has 0 aromatic heterocycles. The van der Waals surface area contributed by atoms with Gasteiger partial charge in [-0.1, -0.05) is 12.2 Å². The van der Waals surface area contributed by atoms with Crippen molar-refractivity contribution in [3.05, 3.63) is 37.5 Å². The van der Waals surface area contributed by atoms with Crippen LogP contribution >= 0.6 is 7.92 Å². The molecule has 17 heavy (non-hydrogen) atoms. The second kappa shape index (κ2) is 25.0. The molecule has 1 rings (SSSR count). The van der Waals surface area contributed by atoms with E-state index >= 15 is 0 Å². The first-order chi connectivity index (χ1) is 7.06. The van der Waals surface area contributed by atoms with E-state index in [-0.39, 0.29) is 56.2 Å². The molecule has 0 bridgehead atoms. The van der Waals surface area contributed by atoms with Crippen molar-refractivity contribution in [2.75, 3.05) is 20.0 Å². The quantitative estimate of drug-likeness (QED) is 0.330. The van der Waals surface area contributed by atoms with Gasteiger partial charge in [-0.25, -0.2) is 0 Å². The van der Waals surface area contributed by atoms with Crippen molar-refractivity contribution in [3.8, 4) is 6.07 Å². The third kappa shape index (κ3) is 31.4. The Balaban J connectivity index is -0.0000000553. The monoisotopic (exact) mass is 429 g/mol. The summed E-state index contributed by atoms with van der Waals surface area (Å²) in [7, 11) is 0.120. The van der Waals surface area contributed by atoms with Crippen LogP contribution in [0.25, 0.3) is 5.59 Å². The Hall–Kier alpha value is -0.0517. The van der Waals surface area contributed by atoms with Gasteiger partial charge in [-0.2, -0.15) is 5.26 Å². The molecular formula is C12H25N2OPW-2. The van der Waals surface area contributed by atoms with E-state index in [9.17, 15) is 0 Å². The van der Waals surface area contributed by atoms with Gasteiger partial charge in [-0.3, -0.25) is 0 Å². The molecule has 2 atom stereocenters. The van der Waals surface area contributed by atoms with Gasteiger partial charge in [-0.15, -0.1) is 0 Å². The largest absolute Gasteiger partial charge is 0.577 e. The van der Waals surface area contributed by atoms with E-state index in [1.54, 1.807) is 6.08 Å². The van der Waals surface area contributed by atoms with Crippen LogP contribution in [0, 0.1) is 37.0 Å². The van der Waals surface area contributed by atoms with Crippen LogP contribution in [0.1, 0.15) is 20.6 Å². The van der Waals surface area contributed by atoms with E-state index in [1.165, 1.54) is 0 Å². The normalized spacial score (nSPS) is 20.3. The molecule has 0 radical (unpaired) electrons. The third-order valence-corrected chi connectivity index (χ3v) is 1.29. The van der Waals surface area contributed by atoms with Crippen molar-refractivity contribution in [2.45, 2.75) is 19.2 Å². The molecule has 3 nitrogen and oxygen atoms in total. The van der Waals surface area contributed by atoms with E-state index in [1.807, 2.05) is 6.08 Å². The molecule has 0 N–H and O–H groups in total. The van der Waals surface area contributed by atoms with Crippen LogP contribution in [0.3, 0.4) is 0 Å². The summed E-state index contributed by atoms with van der Waals surface area (Å²) in [6, 6.07) is 2.15. The fraction of sp³-hybridized carbons (Fsp3) is 0.583. The SMILES string of the molecule is C[PH+](C)C.[2H][C@@H]1C=C[C@H](C#N)CC1.[CH3-].[CH3-].[N-]=O.[W]. The first kappa shape index (κ1) is 25.7. The third-order valence-electron chi connectivity index (χ3n) is 1.29. The predicted molar refractivity (Wildman–Crippen MR) is 77.7 cm³/mol. The Bertz CT molecular complexity index is 220. The van der Waals surface area contributed by atoms with Gasteiger partial charge in [-0.05, 0) is 27.2 Å². The van der Waals surface area contributed by atoms with Crippen molar-refractivity contribution >= 4 is 7.92 Å². The van der Waals surface area contributed by atoms with Crippen LogP contribution in [-0.2, 0) is 21.1 Å². The van der Waals surface area contributed by atoms with Crippen molar-refractivity contribution in [1.29, 1.82) is 5.26 Å². The van der Waals surface area contributed by atoms with Gasteiger partial charge < -0.3 is 25.4 Å². The van der Waals surface area contributed by atoms with Gasteiger partial charge in [0.1, 0.15) is 0 Å². The van der Waals surface area contributed by atoms with Crippen LogP contribution in [-0.4, -0.2) is 20.0 Å². The van der Waals surface area contributed by atoms with Gasteiger partial charge in [0.25, 0.3) is 0 Å². The van der Waals surface area contributed by atoms with Gasteiger partial charge >= 0.3 is 0 Å². The van der Waals surface area contributed by atoms with Gasteiger partial charge in [0.2, 0.25) is 0 Å². The first-order valence-electron chi connectivity index (χ1n) is 5.09. The fourth-order valence-corrected chi connectivity index (χ4v) is 0.789. The van der Waals surface area contributed by atoms with E-state index in [4.69, 9.17) is 17.1 Å². The van der Waals surface area contributed by atoms with E-state index in [2.05, 4.69) is 26.1 Å². The summed E-state index contributed by atoms with van der Waals surface area (Å²) >= 11 is 0. The van der Waals surface area contributed by atoms with Crippen molar-refractivity contribution in [3.63, 3.8) is 0 Å². The van der Waals surface area contributed by atoms with E-state index in [0.717, 1.165) is 12.8 Å². The van der Waals surface area contributed by atoms with Crippen LogP contribution in [0.5, 0.6) is 0 Å². The molecule has 0 aliphatic heterocycles. The zero-order chi connectivity index (χ0) is 12.3. The maximum Gasteiger partial charge on any atom is 0.0697 e. The zero-order valence-electron chi connectivity index (χ0n) is 12.4. The summed E-state index contributed by atoms with van der Waals surface area (Å²) < 4.78 is 7.24. The number of allylic oxidation sites excluding steroid dienone is 2. The van der Waals surface area contributed by atoms with Crippen LogP contribution in [0.15, 0.2) is 12.2 Å². The smallest absolute Gasteiger partial charge is 0.0697 e. The van der Waals surface area contributed by atoms with Crippen molar-refractivity contribution < 1.29 is 22.4 Å². The molecule has 5 heteroatoms. The maximum absolute atomic E-state index is 8.41. The van der Waals surface area contributed by atoms with Gasteiger partial charge in [0.15, 0.2) is 0 Å². The standard InChI is InChI=1S/C7H9N.C3H9P.2CH3.NO.W/c8-6-7-4-2-1-3-5-7;1-4(2)3;;;1-2;/h2,4,7H,1,3,5H2;1-3H3;2*1H3;;/q;;3*-1;/p+1/t7-;;;;;/m0...../s1/i1D;;;;;/t1-,7+;;;;;/m1...... The van der Waals surface area contributed by atoms with Gasteiger partial charge in [0.05, 0.1) is 12.0 Å². The molecule has 0 aromatic rings. The summed E-state index contributed by atoms with van der Waals surface area (Å²) in [5, 5.41) is 8.41. The Morgan fingerprint density at radius 3 is 2.06 bits per heavy atom. The van der Waals surface area contributed by atoms with Crippen LogP contribution in [0.4, 0.5) is 0 Å². The molecule has 1 aliphatic rings. The van der Waals surface area contributed by atoms with E-state index in [0.29, 0.717) is 0 Å². The zero-order valence-corrected chi connectivity index (χ0v) is 15.4. The van der Waals surface area contributed by atoms with Crippen LogP contribution in [0.2, 0.25) is 0 Å². The maximum atomic E-state index is 8.41. The molecular weight excluding hydrogens is 403 g/mol. The Morgan fingerprint density at radius 2 is 1.82 bits per heavy atom. The first-order valence-corrected chi connectivity index (χ1v) is 7.51. The Morgan fingerprint density at radius 1 is 1.41 bits per heavy atom. The van der Waals surface area contributed by atoms with E-state index < -0.39 is 0 Å². The average Bonchev–Trinajstić information content (AvgIpc) is 2.21. The predicted octanol–water partition coefficient (Wildman–Crippen LogP) is 4.18. The summed E-state index contributed by atoms with van der Waals surface area (Å²) in [6.45, 7) is 6.81. The number of hydrogen-bond donors (Lipinski definition) is 0. The number of rotatable bonds is 0. The minimum absolute atomic E-state index is 0. The fourth-order valence-electron chi connectivity index (χ4n) is 0.789. The molecule has 0 unspecified atom stereocenters. The van der Waals surface area contributed by atoms with Crippen molar-refractivity contribution in [1.82, 2.24) is 0 Å². The molecule has 0 saturated carbocycles. The second-order valence-corrected chi connectivity index (χ2v) is 6.43. The molecule has 0 saturated heterocycles. The molecule has 102 valence electrons. The van der Waals surface area contributed by atoms with Crippen LogP contribution < -0.4 is 0 Å². The molecule has 0 heterocycles. The molecule has 0 fully saturated rings. The molecule has 1 aliphatic carbocycles. The molecule has 0 spiro atoms. The molecule has 0 aromatic carbocycles.